The normalized spacial score (nSPS) is 55.4. The van der Waals surface area contributed by atoms with Crippen molar-refractivity contribution in [1.29, 1.82) is 0 Å². The molecular formula is C19H29NO. The lowest BCUT2D eigenvalue weighted by molar-refractivity contribution is -0.124. The molecule has 1 amide bonds. The molecule has 4 aliphatic rings. The maximum absolute atomic E-state index is 11.8. The Labute approximate surface area is 128 Å². The molecular weight excluding hydrogens is 258 g/mol. The molecule has 7 atom stereocenters. The van der Waals surface area contributed by atoms with Gasteiger partial charge in [0.25, 0.3) is 0 Å². The fourth-order valence-corrected chi connectivity index (χ4v) is 6.77. The van der Waals surface area contributed by atoms with E-state index in [1.165, 1.54) is 38.5 Å². The molecule has 3 saturated carbocycles. The smallest absolute Gasteiger partial charge is 0.243 e. The topological polar surface area (TPSA) is 29.1 Å². The van der Waals surface area contributed by atoms with Gasteiger partial charge in [0.1, 0.15) is 0 Å². The lowest BCUT2D eigenvalue weighted by atomic mass is 9.47. The molecule has 0 spiro atoms. The van der Waals surface area contributed by atoms with Crippen LogP contribution in [0.2, 0.25) is 0 Å². The van der Waals surface area contributed by atoms with Gasteiger partial charge in [-0.1, -0.05) is 33.3 Å². The monoisotopic (exact) mass is 287 g/mol. The van der Waals surface area contributed by atoms with Crippen LogP contribution in [0, 0.1) is 34.5 Å². The summed E-state index contributed by atoms with van der Waals surface area (Å²) in [6, 6.07) is 0.349. The minimum atomic E-state index is 0.115. The molecule has 0 radical (unpaired) electrons. The summed E-state index contributed by atoms with van der Waals surface area (Å²) in [7, 11) is 0. The quantitative estimate of drug-likeness (QED) is 0.719. The van der Waals surface area contributed by atoms with Gasteiger partial charge in [-0.3, -0.25) is 4.79 Å². The largest absolute Gasteiger partial charge is 0.349 e. The molecule has 1 N–H and O–H groups in total. The van der Waals surface area contributed by atoms with Crippen molar-refractivity contribution >= 4 is 5.91 Å². The van der Waals surface area contributed by atoms with Gasteiger partial charge >= 0.3 is 0 Å². The van der Waals surface area contributed by atoms with Gasteiger partial charge in [0, 0.05) is 11.5 Å². The average molecular weight is 287 g/mol. The van der Waals surface area contributed by atoms with E-state index < -0.39 is 0 Å². The van der Waals surface area contributed by atoms with Gasteiger partial charge in [0.15, 0.2) is 0 Å². The summed E-state index contributed by atoms with van der Waals surface area (Å²) < 4.78 is 0. The summed E-state index contributed by atoms with van der Waals surface area (Å²) in [5, 5.41) is 3.29. The maximum Gasteiger partial charge on any atom is 0.243 e. The third-order valence-electron chi connectivity index (χ3n) is 7.79. The van der Waals surface area contributed by atoms with Gasteiger partial charge in [0.2, 0.25) is 5.91 Å². The van der Waals surface area contributed by atoms with Crippen molar-refractivity contribution in [3.05, 3.63) is 12.2 Å². The van der Waals surface area contributed by atoms with E-state index in [0.717, 1.165) is 17.8 Å². The Kier molecular flexibility index (Phi) is 2.88. The number of nitrogens with one attached hydrogen (secondary N) is 1. The highest BCUT2D eigenvalue weighted by molar-refractivity contribution is 5.89. The molecule has 3 aliphatic carbocycles. The maximum atomic E-state index is 11.8. The molecule has 3 fully saturated rings. The number of amides is 1. The summed E-state index contributed by atoms with van der Waals surface area (Å²) in [5.41, 5.74) is 0.797. The Bertz CT molecular complexity index is 498. The second-order valence-electron chi connectivity index (χ2n) is 8.86. The predicted octanol–water partition coefficient (Wildman–Crippen LogP) is 3.92. The van der Waals surface area contributed by atoms with Gasteiger partial charge in [-0.2, -0.15) is 0 Å². The van der Waals surface area contributed by atoms with Gasteiger partial charge in [-0.25, -0.2) is 0 Å². The molecule has 0 bridgehead atoms. The van der Waals surface area contributed by atoms with Crippen molar-refractivity contribution in [1.82, 2.24) is 5.32 Å². The Morgan fingerprint density at radius 1 is 1.19 bits per heavy atom. The third-order valence-corrected chi connectivity index (χ3v) is 7.79. The molecule has 21 heavy (non-hydrogen) atoms. The Morgan fingerprint density at radius 2 is 2.00 bits per heavy atom. The zero-order chi connectivity index (χ0) is 14.8. The van der Waals surface area contributed by atoms with Crippen molar-refractivity contribution in [3.8, 4) is 0 Å². The summed E-state index contributed by atoms with van der Waals surface area (Å²) in [6.07, 6.45) is 12.5. The molecule has 0 aromatic rings. The first-order valence-electron chi connectivity index (χ1n) is 8.94. The second kappa shape index (κ2) is 4.36. The molecule has 0 saturated heterocycles. The number of carbonyl (C=O) groups excluding carboxylic acids is 1. The van der Waals surface area contributed by atoms with Crippen LogP contribution >= 0.6 is 0 Å². The zero-order valence-electron chi connectivity index (χ0n) is 13.7. The third kappa shape index (κ3) is 1.80. The first kappa shape index (κ1) is 13.8. The SMILES string of the molecule is CC1CC2C3CCCC3(C)CCC2C2(C)C=CC(=O)NC12. The summed E-state index contributed by atoms with van der Waals surface area (Å²) in [5.74, 6) is 3.30. The van der Waals surface area contributed by atoms with Crippen LogP contribution in [0.4, 0.5) is 0 Å². The summed E-state index contributed by atoms with van der Waals surface area (Å²) in [6.45, 7) is 7.33. The lowest BCUT2D eigenvalue weighted by Gasteiger charge is -2.60. The van der Waals surface area contributed by atoms with Crippen molar-refractivity contribution in [2.45, 2.75) is 65.3 Å². The molecule has 1 aliphatic heterocycles. The molecule has 2 heteroatoms. The first-order valence-corrected chi connectivity index (χ1v) is 8.94. The highest BCUT2D eigenvalue weighted by Gasteiger charge is 2.58. The van der Waals surface area contributed by atoms with Crippen LogP contribution in [0.5, 0.6) is 0 Å². The van der Waals surface area contributed by atoms with E-state index in [1.54, 1.807) is 6.08 Å². The van der Waals surface area contributed by atoms with E-state index >= 15 is 0 Å². The average Bonchev–Trinajstić information content (AvgIpc) is 2.83. The standard InChI is InChI=1S/C19H29NO/c1-12-11-13-14-5-4-8-18(14,2)9-6-15(13)19(3)10-7-16(21)20-17(12)19/h7,10,12-15,17H,4-6,8-9,11H2,1-3H3,(H,20,21). The van der Waals surface area contributed by atoms with Crippen molar-refractivity contribution < 1.29 is 4.79 Å². The highest BCUT2D eigenvalue weighted by Crippen LogP contribution is 2.64. The van der Waals surface area contributed by atoms with Crippen LogP contribution in [0.1, 0.15) is 59.3 Å². The van der Waals surface area contributed by atoms with Crippen LogP contribution < -0.4 is 5.32 Å². The summed E-state index contributed by atoms with van der Waals surface area (Å²) >= 11 is 0. The van der Waals surface area contributed by atoms with Gasteiger partial charge < -0.3 is 5.32 Å². The first-order chi connectivity index (χ1) is 9.94. The fourth-order valence-electron chi connectivity index (χ4n) is 6.77. The predicted molar refractivity (Wildman–Crippen MR) is 84.6 cm³/mol. The van der Waals surface area contributed by atoms with E-state index in [-0.39, 0.29) is 11.3 Å². The van der Waals surface area contributed by atoms with Crippen LogP contribution in [0.3, 0.4) is 0 Å². The number of carbonyl (C=O) groups is 1. The van der Waals surface area contributed by atoms with Crippen LogP contribution in [0.25, 0.3) is 0 Å². The molecule has 116 valence electrons. The van der Waals surface area contributed by atoms with Crippen LogP contribution in [0.15, 0.2) is 12.2 Å². The molecule has 2 nitrogen and oxygen atoms in total. The zero-order valence-corrected chi connectivity index (χ0v) is 13.7. The van der Waals surface area contributed by atoms with Crippen molar-refractivity contribution in [2.75, 3.05) is 0 Å². The van der Waals surface area contributed by atoms with E-state index in [9.17, 15) is 4.79 Å². The fraction of sp³-hybridized carbons (Fsp3) is 0.842. The Morgan fingerprint density at radius 3 is 2.81 bits per heavy atom. The molecule has 1 heterocycles. The number of hydrogen-bond donors (Lipinski definition) is 1. The van der Waals surface area contributed by atoms with E-state index in [4.69, 9.17) is 0 Å². The summed E-state index contributed by atoms with van der Waals surface area (Å²) in [4.78, 5) is 11.8. The Hall–Kier alpha value is -0.790. The van der Waals surface area contributed by atoms with Crippen molar-refractivity contribution in [3.63, 3.8) is 0 Å². The van der Waals surface area contributed by atoms with E-state index in [2.05, 4.69) is 32.2 Å². The number of hydrogen-bond acceptors (Lipinski definition) is 1. The van der Waals surface area contributed by atoms with Gasteiger partial charge in [-0.05, 0) is 67.3 Å². The number of rotatable bonds is 0. The van der Waals surface area contributed by atoms with Gasteiger partial charge in [0.05, 0.1) is 0 Å². The van der Waals surface area contributed by atoms with Crippen molar-refractivity contribution in [2.24, 2.45) is 34.5 Å². The van der Waals surface area contributed by atoms with E-state index in [0.29, 0.717) is 17.4 Å². The lowest BCUT2D eigenvalue weighted by Crippen LogP contribution is -2.62. The van der Waals surface area contributed by atoms with Crippen LogP contribution in [-0.2, 0) is 4.79 Å². The molecule has 7 unspecified atom stereocenters. The highest BCUT2D eigenvalue weighted by atomic mass is 16.1. The minimum absolute atomic E-state index is 0.115. The molecule has 0 aromatic heterocycles. The van der Waals surface area contributed by atoms with Crippen LogP contribution in [-0.4, -0.2) is 11.9 Å². The van der Waals surface area contributed by atoms with E-state index in [1.807, 2.05) is 0 Å². The Balaban J connectivity index is 1.72. The number of fused-ring (bicyclic) bond motifs is 5. The second-order valence-corrected chi connectivity index (χ2v) is 8.86. The van der Waals surface area contributed by atoms with Gasteiger partial charge in [-0.15, -0.1) is 0 Å². The molecule has 4 rings (SSSR count). The minimum Gasteiger partial charge on any atom is -0.349 e. The molecule has 0 aromatic carbocycles.